The number of Topliss-reactive ketones (excluding diaryl/α,β-unsaturated/α-hetero) is 1. The van der Waals surface area contributed by atoms with Gasteiger partial charge in [-0.15, -0.1) is 23.2 Å². The molecule has 8 atom stereocenters. The topological polar surface area (TPSA) is 93.7 Å². The fourth-order valence-electron chi connectivity index (χ4n) is 6.78. The highest BCUT2D eigenvalue weighted by Gasteiger charge is 2.53. The lowest BCUT2D eigenvalue weighted by Crippen LogP contribution is -2.42. The van der Waals surface area contributed by atoms with Crippen molar-refractivity contribution in [2.75, 3.05) is 25.0 Å². The van der Waals surface area contributed by atoms with E-state index in [1.54, 1.807) is 0 Å². The van der Waals surface area contributed by atoms with Crippen LogP contribution in [0.25, 0.3) is 0 Å². The number of amides is 2. The SMILES string of the molecule is CC(CCl)NC(=O)OCC1(CC(=O)CC2(COC(=O)NC(C)CCl)CC3C=CC2C3)CC2C=CC1C2. The van der Waals surface area contributed by atoms with E-state index in [0.717, 1.165) is 25.7 Å². The molecule has 4 aliphatic rings. The van der Waals surface area contributed by atoms with E-state index in [1.807, 2.05) is 13.8 Å². The lowest BCUT2D eigenvalue weighted by atomic mass is 9.68. The van der Waals surface area contributed by atoms with Crippen molar-refractivity contribution in [2.24, 2.45) is 34.5 Å². The minimum atomic E-state index is -0.498. The summed E-state index contributed by atoms with van der Waals surface area (Å²) >= 11 is 11.6. The second-order valence-electron chi connectivity index (χ2n) is 11.6. The predicted molar refractivity (Wildman–Crippen MR) is 139 cm³/mol. The third-order valence-corrected chi connectivity index (χ3v) is 9.45. The number of carbonyl (C=O) groups excluding carboxylic acids is 3. The highest BCUT2D eigenvalue weighted by Crippen LogP contribution is 2.57. The van der Waals surface area contributed by atoms with Crippen LogP contribution in [0.4, 0.5) is 9.59 Å². The molecular formula is C27H38Cl2N2O5. The van der Waals surface area contributed by atoms with E-state index in [4.69, 9.17) is 32.7 Å². The maximum Gasteiger partial charge on any atom is 0.407 e. The number of fused-ring (bicyclic) bond motifs is 4. The highest BCUT2D eigenvalue weighted by atomic mass is 35.5. The van der Waals surface area contributed by atoms with Gasteiger partial charge in [-0.3, -0.25) is 4.79 Å². The zero-order valence-electron chi connectivity index (χ0n) is 21.1. The summed E-state index contributed by atoms with van der Waals surface area (Å²) < 4.78 is 11.3. The molecule has 2 N–H and O–H groups in total. The molecule has 0 radical (unpaired) electrons. The number of hydrogen-bond acceptors (Lipinski definition) is 5. The van der Waals surface area contributed by atoms with Gasteiger partial charge in [-0.2, -0.15) is 0 Å². The average molecular weight is 542 g/mol. The van der Waals surface area contributed by atoms with E-state index in [0.29, 0.717) is 36.4 Å². The number of hydrogen-bond donors (Lipinski definition) is 2. The fraction of sp³-hybridized carbons (Fsp3) is 0.741. The Bertz CT molecular complexity index is 841. The van der Waals surface area contributed by atoms with Gasteiger partial charge in [0.2, 0.25) is 0 Å². The lowest BCUT2D eigenvalue weighted by Gasteiger charge is -2.38. The molecule has 4 bridgehead atoms. The first-order chi connectivity index (χ1) is 17.2. The van der Waals surface area contributed by atoms with Crippen LogP contribution in [0.3, 0.4) is 0 Å². The number of alkyl halides is 2. The molecule has 7 nitrogen and oxygen atoms in total. The third kappa shape index (κ3) is 6.04. The normalized spacial score (nSPS) is 35.0. The standard InChI is InChI=1S/C27H38Cl2N2O5/c1-17(13-28)30-24(33)35-15-26(9-19-3-5-21(26)7-19)11-23(32)12-27(10-20-4-6-22(27)8-20)16-36-25(34)31-18(2)14-29/h3-6,17-22H,7-16H2,1-2H3,(H,30,33)(H,31,34). The Morgan fingerprint density at radius 2 is 1.22 bits per heavy atom. The quantitative estimate of drug-likeness (QED) is 0.262. The van der Waals surface area contributed by atoms with Crippen LogP contribution in [0.1, 0.15) is 52.4 Å². The van der Waals surface area contributed by atoms with E-state index in [-0.39, 0.29) is 53.7 Å². The summed E-state index contributed by atoms with van der Waals surface area (Å²) in [5.74, 6) is 2.04. The smallest absolute Gasteiger partial charge is 0.407 e. The van der Waals surface area contributed by atoms with E-state index < -0.39 is 12.2 Å². The van der Waals surface area contributed by atoms with E-state index in [2.05, 4.69) is 34.9 Å². The first-order valence-corrected chi connectivity index (χ1v) is 14.1. The molecule has 36 heavy (non-hydrogen) atoms. The molecule has 2 saturated carbocycles. The van der Waals surface area contributed by atoms with Crippen molar-refractivity contribution < 1.29 is 23.9 Å². The maximum atomic E-state index is 13.7. The molecule has 200 valence electrons. The molecular weight excluding hydrogens is 503 g/mol. The van der Waals surface area contributed by atoms with Gasteiger partial charge >= 0.3 is 12.2 Å². The van der Waals surface area contributed by atoms with Crippen molar-refractivity contribution in [3.8, 4) is 0 Å². The number of ketones is 1. The Morgan fingerprint density at radius 3 is 1.53 bits per heavy atom. The molecule has 4 aliphatic carbocycles. The second-order valence-corrected chi connectivity index (χ2v) is 12.2. The number of alkyl carbamates (subject to hydrolysis) is 2. The van der Waals surface area contributed by atoms with Crippen molar-refractivity contribution in [2.45, 2.75) is 64.5 Å². The van der Waals surface area contributed by atoms with Crippen molar-refractivity contribution in [1.82, 2.24) is 10.6 Å². The summed E-state index contributed by atoms with van der Waals surface area (Å²) in [6, 6.07) is -0.376. The summed E-state index contributed by atoms with van der Waals surface area (Å²) in [6.07, 6.45) is 12.2. The van der Waals surface area contributed by atoms with Crippen molar-refractivity contribution in [1.29, 1.82) is 0 Å². The fourth-order valence-corrected chi connectivity index (χ4v) is 6.93. The Labute approximate surface area is 223 Å². The van der Waals surface area contributed by atoms with Gasteiger partial charge < -0.3 is 20.1 Å². The largest absolute Gasteiger partial charge is 0.449 e. The molecule has 0 spiro atoms. The van der Waals surface area contributed by atoms with Gasteiger partial charge in [0.15, 0.2) is 0 Å². The lowest BCUT2D eigenvalue weighted by molar-refractivity contribution is -0.126. The molecule has 9 heteroatoms. The summed E-state index contributed by atoms with van der Waals surface area (Å²) in [7, 11) is 0. The van der Waals surface area contributed by atoms with Crippen LogP contribution >= 0.6 is 23.2 Å². The van der Waals surface area contributed by atoms with Crippen molar-refractivity contribution in [3.05, 3.63) is 24.3 Å². The molecule has 0 aromatic rings. The monoisotopic (exact) mass is 540 g/mol. The molecule has 0 aliphatic heterocycles. The van der Waals surface area contributed by atoms with Crippen molar-refractivity contribution in [3.63, 3.8) is 0 Å². The van der Waals surface area contributed by atoms with Crippen LogP contribution in [0, 0.1) is 34.5 Å². The molecule has 2 amide bonds. The maximum absolute atomic E-state index is 13.7. The number of allylic oxidation sites excluding steroid dienone is 4. The Morgan fingerprint density at radius 1 is 0.806 bits per heavy atom. The van der Waals surface area contributed by atoms with Gasteiger partial charge in [-0.05, 0) is 63.2 Å². The van der Waals surface area contributed by atoms with Gasteiger partial charge in [0, 0.05) is 47.5 Å². The van der Waals surface area contributed by atoms with E-state index in [1.165, 1.54) is 0 Å². The number of ether oxygens (including phenoxy) is 2. The Kier molecular flexibility index (Phi) is 8.60. The van der Waals surface area contributed by atoms with Crippen LogP contribution in [0.15, 0.2) is 24.3 Å². The van der Waals surface area contributed by atoms with Gasteiger partial charge in [0.1, 0.15) is 5.78 Å². The molecule has 0 aromatic carbocycles. The predicted octanol–water partition coefficient (Wildman–Crippen LogP) is 5.21. The summed E-state index contributed by atoms with van der Waals surface area (Å²) in [5.41, 5.74) is -0.776. The summed E-state index contributed by atoms with van der Waals surface area (Å²) in [4.78, 5) is 38.3. The minimum Gasteiger partial charge on any atom is -0.449 e. The first-order valence-electron chi connectivity index (χ1n) is 13.0. The number of carbonyl (C=O) groups is 3. The van der Waals surface area contributed by atoms with Crippen LogP contribution < -0.4 is 10.6 Å². The molecule has 0 saturated heterocycles. The zero-order chi connectivity index (χ0) is 25.9. The van der Waals surface area contributed by atoms with Gasteiger partial charge in [0.05, 0.1) is 13.2 Å². The number of halogens is 2. The van der Waals surface area contributed by atoms with Crippen LogP contribution in [0.5, 0.6) is 0 Å². The van der Waals surface area contributed by atoms with Crippen LogP contribution in [-0.2, 0) is 14.3 Å². The van der Waals surface area contributed by atoms with Gasteiger partial charge in [-0.1, -0.05) is 24.3 Å². The van der Waals surface area contributed by atoms with E-state index in [9.17, 15) is 14.4 Å². The summed E-state index contributed by atoms with van der Waals surface area (Å²) in [5, 5.41) is 5.46. The number of nitrogens with one attached hydrogen (secondary N) is 2. The molecule has 2 fully saturated rings. The summed E-state index contributed by atoms with van der Waals surface area (Å²) in [6.45, 7) is 4.05. The van der Waals surface area contributed by atoms with E-state index >= 15 is 0 Å². The third-order valence-electron chi connectivity index (χ3n) is 8.53. The van der Waals surface area contributed by atoms with Gasteiger partial charge in [-0.25, -0.2) is 9.59 Å². The second kappa shape index (κ2) is 11.3. The first kappa shape index (κ1) is 27.3. The number of rotatable bonds is 12. The average Bonchev–Trinajstić information content (AvgIpc) is 3.63. The Hall–Kier alpha value is -1.73. The Balaban J connectivity index is 1.41. The highest BCUT2D eigenvalue weighted by molar-refractivity contribution is 6.18. The zero-order valence-corrected chi connectivity index (χ0v) is 22.7. The molecule has 8 unspecified atom stereocenters. The van der Waals surface area contributed by atoms with Crippen LogP contribution in [-0.4, -0.2) is 55.0 Å². The molecule has 0 aromatic heterocycles. The van der Waals surface area contributed by atoms with Crippen LogP contribution in [0.2, 0.25) is 0 Å². The minimum absolute atomic E-state index is 0.146. The molecule has 4 rings (SSSR count). The van der Waals surface area contributed by atoms with Gasteiger partial charge in [0.25, 0.3) is 0 Å². The van der Waals surface area contributed by atoms with Crippen molar-refractivity contribution >= 4 is 41.2 Å². The molecule has 0 heterocycles.